The summed E-state index contributed by atoms with van der Waals surface area (Å²) in [6.45, 7) is 0. The molecule has 2 aromatic heterocycles. The van der Waals surface area contributed by atoms with Gasteiger partial charge in [-0.1, -0.05) is 6.07 Å². The van der Waals surface area contributed by atoms with E-state index in [0.29, 0.717) is 10.9 Å². The van der Waals surface area contributed by atoms with Gasteiger partial charge in [0.2, 0.25) is 5.88 Å². The van der Waals surface area contributed by atoms with Crippen LogP contribution in [0, 0.1) is 0 Å². The number of aromatic nitrogens is 2. The van der Waals surface area contributed by atoms with E-state index in [1.54, 1.807) is 18.2 Å². The fourth-order valence-electron chi connectivity index (χ4n) is 1.43. The first-order valence-electron chi connectivity index (χ1n) is 4.84. The number of fused-ring (bicyclic) bond motifs is 1. The molecule has 2 rings (SSSR count). The Morgan fingerprint density at radius 1 is 1.47 bits per heavy atom. The number of hydrogen-bond donors (Lipinski definition) is 0. The molecule has 17 heavy (non-hydrogen) atoms. The first-order valence-corrected chi connectivity index (χ1v) is 4.84. The molecule has 0 fully saturated rings. The van der Waals surface area contributed by atoms with Crippen LogP contribution in [0.25, 0.3) is 10.9 Å². The summed E-state index contributed by atoms with van der Waals surface area (Å²) in [7, 11) is 2.69. The summed E-state index contributed by atoms with van der Waals surface area (Å²) in [5.74, 6) is 0.113. The van der Waals surface area contributed by atoms with E-state index in [0.717, 1.165) is 0 Å². The van der Waals surface area contributed by atoms with Crippen LogP contribution in [-0.2, 0) is 11.8 Å². The van der Waals surface area contributed by atoms with Gasteiger partial charge in [-0.2, -0.15) is 0 Å². The number of methoxy groups -OCH3 is 1. The van der Waals surface area contributed by atoms with Gasteiger partial charge < -0.3 is 9.47 Å². The minimum absolute atomic E-state index is 0.113. The Balaban J connectivity index is 2.62. The van der Waals surface area contributed by atoms with Crippen molar-refractivity contribution in [2.75, 3.05) is 7.11 Å². The molecule has 0 aliphatic rings. The molecule has 0 aliphatic carbocycles. The summed E-state index contributed by atoms with van der Waals surface area (Å²) < 4.78 is 10.4. The predicted molar refractivity (Wildman–Crippen MR) is 60.0 cm³/mol. The molecule has 0 radical (unpaired) electrons. The number of carbonyl (C=O) groups is 1. The van der Waals surface area contributed by atoms with E-state index in [9.17, 15) is 9.59 Å². The maximum Gasteiger partial charge on any atom is 0.514 e. The molecule has 0 saturated heterocycles. The zero-order valence-corrected chi connectivity index (χ0v) is 9.34. The van der Waals surface area contributed by atoms with Gasteiger partial charge in [-0.15, -0.1) is 0 Å². The lowest BCUT2D eigenvalue weighted by molar-refractivity contribution is 0.118. The number of carbonyl (C=O) groups excluding carboxylic acids is 1. The Hall–Kier alpha value is -2.37. The molecule has 0 N–H and O–H groups in total. The first kappa shape index (κ1) is 11.1. The largest absolute Gasteiger partial charge is 0.514 e. The molecule has 6 nitrogen and oxygen atoms in total. The van der Waals surface area contributed by atoms with Crippen LogP contribution in [0.2, 0.25) is 0 Å². The smallest absolute Gasteiger partial charge is 0.437 e. The third-order valence-electron chi connectivity index (χ3n) is 2.31. The fourth-order valence-corrected chi connectivity index (χ4v) is 1.43. The monoisotopic (exact) mass is 234 g/mol. The molecule has 0 aliphatic heterocycles. The van der Waals surface area contributed by atoms with Gasteiger partial charge in [0.15, 0.2) is 0 Å². The Kier molecular flexibility index (Phi) is 2.78. The van der Waals surface area contributed by atoms with Crippen LogP contribution in [0.15, 0.2) is 29.2 Å². The van der Waals surface area contributed by atoms with E-state index in [-0.39, 0.29) is 11.4 Å². The summed E-state index contributed by atoms with van der Waals surface area (Å²) in [5, 5.41) is 0.606. The summed E-state index contributed by atoms with van der Waals surface area (Å²) in [6.07, 6.45) is 0.660. The zero-order chi connectivity index (χ0) is 12.4. The maximum absolute atomic E-state index is 11.9. The van der Waals surface area contributed by atoms with Crippen molar-refractivity contribution in [2.24, 2.45) is 7.05 Å². The summed E-state index contributed by atoms with van der Waals surface area (Å²) in [4.78, 5) is 26.9. The Morgan fingerprint density at radius 3 is 2.94 bits per heavy atom. The molecule has 0 amide bonds. The molecule has 0 saturated carbocycles. The number of hydrogen-bond acceptors (Lipinski definition) is 5. The van der Waals surface area contributed by atoms with Crippen molar-refractivity contribution >= 4 is 17.1 Å². The molecular formula is C11H10N2O4. The quantitative estimate of drug-likeness (QED) is 0.690. The number of pyridine rings is 2. The maximum atomic E-state index is 11.9. The van der Waals surface area contributed by atoms with E-state index in [4.69, 9.17) is 4.74 Å². The minimum atomic E-state index is -0.872. The second-order valence-electron chi connectivity index (χ2n) is 3.34. The minimum Gasteiger partial charge on any atom is -0.437 e. The molecule has 88 valence electrons. The van der Waals surface area contributed by atoms with E-state index in [1.807, 2.05) is 0 Å². The highest BCUT2D eigenvalue weighted by atomic mass is 16.7. The lowest BCUT2D eigenvalue weighted by Crippen LogP contribution is -2.21. The van der Waals surface area contributed by atoms with Crippen molar-refractivity contribution in [3.63, 3.8) is 0 Å². The normalized spacial score (nSPS) is 10.2. The molecule has 0 unspecified atom stereocenters. The summed E-state index contributed by atoms with van der Waals surface area (Å²) >= 11 is 0. The van der Waals surface area contributed by atoms with Crippen LogP contribution < -0.4 is 10.3 Å². The van der Waals surface area contributed by atoms with Gasteiger partial charge in [0.25, 0.3) is 5.56 Å². The van der Waals surface area contributed by atoms with Gasteiger partial charge in [-0.05, 0) is 6.07 Å². The highest BCUT2D eigenvalue weighted by Gasteiger charge is 2.11. The molecule has 0 atom stereocenters. The van der Waals surface area contributed by atoms with Crippen molar-refractivity contribution in [2.45, 2.75) is 0 Å². The van der Waals surface area contributed by atoms with Gasteiger partial charge >= 0.3 is 6.16 Å². The zero-order valence-electron chi connectivity index (χ0n) is 9.34. The van der Waals surface area contributed by atoms with E-state index in [2.05, 4.69) is 9.72 Å². The number of nitrogens with zero attached hydrogens (tertiary/aromatic N) is 2. The molecule has 0 spiro atoms. The third kappa shape index (κ3) is 1.96. The van der Waals surface area contributed by atoms with E-state index in [1.165, 1.54) is 24.9 Å². The third-order valence-corrected chi connectivity index (χ3v) is 2.31. The van der Waals surface area contributed by atoms with Gasteiger partial charge in [-0.25, -0.2) is 4.79 Å². The highest BCUT2D eigenvalue weighted by Crippen LogP contribution is 2.15. The predicted octanol–water partition coefficient (Wildman–Crippen LogP) is 1.08. The van der Waals surface area contributed by atoms with Crippen molar-refractivity contribution in [1.82, 2.24) is 9.55 Å². The fraction of sp³-hybridized carbons (Fsp3) is 0.182. The molecule has 2 aromatic rings. The lowest BCUT2D eigenvalue weighted by atomic mass is 10.2. The van der Waals surface area contributed by atoms with Crippen molar-refractivity contribution in [3.8, 4) is 5.88 Å². The van der Waals surface area contributed by atoms with Crippen LogP contribution in [-0.4, -0.2) is 22.8 Å². The first-order chi connectivity index (χ1) is 8.13. The summed E-state index contributed by atoms with van der Waals surface area (Å²) in [5.41, 5.74) is -0.00535. The van der Waals surface area contributed by atoms with Gasteiger partial charge in [0.1, 0.15) is 5.52 Å². The Labute approximate surface area is 96.4 Å². The lowest BCUT2D eigenvalue weighted by Gasteiger charge is -2.08. The van der Waals surface area contributed by atoms with Crippen LogP contribution in [0.3, 0.4) is 0 Å². The Bertz CT molecular complexity index is 633. The Morgan fingerprint density at radius 2 is 2.24 bits per heavy atom. The van der Waals surface area contributed by atoms with Crippen molar-refractivity contribution in [3.05, 3.63) is 34.7 Å². The average molecular weight is 234 g/mol. The van der Waals surface area contributed by atoms with E-state index < -0.39 is 6.16 Å². The SMILES string of the molecule is COC(=O)Oc1cc2cccnc2c(=O)n1C. The van der Waals surface area contributed by atoms with Crippen LogP contribution >= 0.6 is 0 Å². The number of rotatable bonds is 1. The standard InChI is InChI=1S/C11H10N2O4/c1-13-8(17-11(15)16-2)6-7-4-3-5-12-9(7)10(13)14/h3-6H,1-2H3. The number of ether oxygens (including phenoxy) is 2. The average Bonchev–Trinajstić information content (AvgIpc) is 2.35. The van der Waals surface area contributed by atoms with Crippen LogP contribution in [0.4, 0.5) is 4.79 Å². The molecule has 6 heteroatoms. The second kappa shape index (κ2) is 4.25. The topological polar surface area (TPSA) is 70.4 Å². The molecule has 0 bridgehead atoms. The molecular weight excluding hydrogens is 224 g/mol. The van der Waals surface area contributed by atoms with Gasteiger partial charge in [0, 0.05) is 24.7 Å². The van der Waals surface area contributed by atoms with Crippen molar-refractivity contribution < 1.29 is 14.3 Å². The van der Waals surface area contributed by atoms with E-state index >= 15 is 0 Å². The molecule has 2 heterocycles. The second-order valence-corrected chi connectivity index (χ2v) is 3.34. The molecule has 0 aromatic carbocycles. The van der Waals surface area contributed by atoms with Crippen LogP contribution in [0.5, 0.6) is 5.88 Å². The highest BCUT2D eigenvalue weighted by molar-refractivity contribution is 5.79. The van der Waals surface area contributed by atoms with Gasteiger partial charge in [0.05, 0.1) is 7.11 Å². The van der Waals surface area contributed by atoms with Crippen molar-refractivity contribution in [1.29, 1.82) is 0 Å². The van der Waals surface area contributed by atoms with Crippen LogP contribution in [0.1, 0.15) is 0 Å². The summed E-state index contributed by atoms with van der Waals surface area (Å²) in [6, 6.07) is 4.97. The van der Waals surface area contributed by atoms with Gasteiger partial charge in [-0.3, -0.25) is 14.3 Å².